The lowest BCUT2D eigenvalue weighted by Crippen LogP contribution is -2.39. The normalized spacial score (nSPS) is 28.8. The van der Waals surface area contributed by atoms with Gasteiger partial charge in [0.25, 0.3) is 0 Å². The quantitative estimate of drug-likeness (QED) is 0.624. The number of methoxy groups -OCH3 is 1. The summed E-state index contributed by atoms with van der Waals surface area (Å²) in [6.07, 6.45) is 7.96. The highest BCUT2D eigenvalue weighted by Gasteiger charge is 2.40. The largest absolute Gasteiger partial charge is 0.496 e. The van der Waals surface area contributed by atoms with Gasteiger partial charge in [-0.3, -0.25) is 11.3 Å². The van der Waals surface area contributed by atoms with Gasteiger partial charge in [0.2, 0.25) is 0 Å². The standard InChI is InChI=1S/C18H28N2O/c1-12-3-6-18(21-2)16(7-12)11-17(20-19)10-15-9-13-4-5-14(15)8-13/h3,6-7,13-15,17,20H,4-5,8-11,19H2,1-2H3. The van der Waals surface area contributed by atoms with E-state index in [4.69, 9.17) is 10.6 Å². The maximum atomic E-state index is 5.84. The fourth-order valence-corrected chi connectivity index (χ4v) is 4.57. The number of fused-ring (bicyclic) bond motifs is 2. The molecule has 0 heterocycles. The summed E-state index contributed by atoms with van der Waals surface area (Å²) < 4.78 is 5.50. The van der Waals surface area contributed by atoms with Crippen molar-refractivity contribution in [2.45, 2.75) is 51.5 Å². The number of nitrogens with one attached hydrogen (secondary N) is 1. The summed E-state index contributed by atoms with van der Waals surface area (Å²) in [4.78, 5) is 0. The highest BCUT2D eigenvalue weighted by Crippen LogP contribution is 2.50. The van der Waals surface area contributed by atoms with Gasteiger partial charge in [-0.25, -0.2) is 0 Å². The van der Waals surface area contributed by atoms with Crippen molar-refractivity contribution < 1.29 is 4.74 Å². The minimum absolute atomic E-state index is 0.352. The summed E-state index contributed by atoms with van der Waals surface area (Å²) in [6, 6.07) is 6.74. The highest BCUT2D eigenvalue weighted by molar-refractivity contribution is 5.37. The predicted molar refractivity (Wildman–Crippen MR) is 86.1 cm³/mol. The van der Waals surface area contributed by atoms with Crippen molar-refractivity contribution in [2.24, 2.45) is 23.6 Å². The smallest absolute Gasteiger partial charge is 0.122 e. The zero-order valence-electron chi connectivity index (χ0n) is 13.3. The predicted octanol–water partition coefficient (Wildman–Crippen LogP) is 3.20. The van der Waals surface area contributed by atoms with Crippen molar-refractivity contribution in [1.29, 1.82) is 0 Å². The first-order chi connectivity index (χ1) is 10.2. The molecule has 0 saturated heterocycles. The van der Waals surface area contributed by atoms with Crippen LogP contribution in [0.2, 0.25) is 0 Å². The molecule has 2 fully saturated rings. The molecule has 4 atom stereocenters. The number of nitrogens with two attached hydrogens (primary N) is 1. The zero-order chi connectivity index (χ0) is 14.8. The molecule has 3 heteroatoms. The van der Waals surface area contributed by atoms with Crippen LogP contribution in [0.15, 0.2) is 18.2 Å². The Morgan fingerprint density at radius 3 is 2.81 bits per heavy atom. The molecule has 2 aliphatic carbocycles. The second-order valence-electron chi connectivity index (χ2n) is 7.05. The van der Waals surface area contributed by atoms with E-state index in [0.717, 1.165) is 29.9 Å². The van der Waals surface area contributed by atoms with Crippen molar-refractivity contribution in [3.05, 3.63) is 29.3 Å². The minimum Gasteiger partial charge on any atom is -0.496 e. The van der Waals surface area contributed by atoms with Gasteiger partial charge >= 0.3 is 0 Å². The first-order valence-electron chi connectivity index (χ1n) is 8.29. The van der Waals surface area contributed by atoms with E-state index in [1.165, 1.54) is 43.2 Å². The van der Waals surface area contributed by atoms with E-state index in [9.17, 15) is 0 Å². The van der Waals surface area contributed by atoms with Gasteiger partial charge in [-0.1, -0.05) is 24.1 Å². The number of hydrogen-bond donors (Lipinski definition) is 2. The lowest BCUT2D eigenvalue weighted by molar-refractivity contribution is 0.276. The second kappa shape index (κ2) is 6.37. The Labute approximate surface area is 128 Å². The van der Waals surface area contributed by atoms with Crippen LogP contribution in [0.25, 0.3) is 0 Å². The Bertz CT molecular complexity index is 488. The lowest BCUT2D eigenvalue weighted by atomic mass is 9.83. The summed E-state index contributed by atoms with van der Waals surface area (Å²) >= 11 is 0. The van der Waals surface area contributed by atoms with Crippen LogP contribution in [0.3, 0.4) is 0 Å². The number of benzene rings is 1. The maximum Gasteiger partial charge on any atom is 0.122 e. The van der Waals surface area contributed by atoms with Gasteiger partial charge in [0.05, 0.1) is 7.11 Å². The molecule has 4 unspecified atom stereocenters. The van der Waals surface area contributed by atoms with E-state index in [2.05, 4.69) is 30.5 Å². The molecule has 0 aromatic heterocycles. The highest BCUT2D eigenvalue weighted by atomic mass is 16.5. The summed E-state index contributed by atoms with van der Waals surface area (Å²) in [5, 5.41) is 0. The summed E-state index contributed by atoms with van der Waals surface area (Å²) in [6.45, 7) is 2.13. The molecule has 3 rings (SSSR count). The summed E-state index contributed by atoms with van der Waals surface area (Å²) in [5.74, 6) is 9.66. The Hall–Kier alpha value is -1.06. The van der Waals surface area contributed by atoms with E-state index in [1.54, 1.807) is 7.11 Å². The SMILES string of the molecule is COc1ccc(C)cc1CC(CC1CC2CCC1C2)NN. The van der Waals surface area contributed by atoms with Crippen LogP contribution in [-0.2, 0) is 6.42 Å². The van der Waals surface area contributed by atoms with Crippen LogP contribution in [0, 0.1) is 24.7 Å². The van der Waals surface area contributed by atoms with Crippen molar-refractivity contribution in [1.82, 2.24) is 5.43 Å². The van der Waals surface area contributed by atoms with E-state index < -0.39 is 0 Å². The zero-order valence-corrected chi connectivity index (χ0v) is 13.3. The van der Waals surface area contributed by atoms with Crippen LogP contribution in [0.5, 0.6) is 5.75 Å². The molecule has 2 bridgehead atoms. The summed E-state index contributed by atoms with van der Waals surface area (Å²) in [7, 11) is 1.75. The van der Waals surface area contributed by atoms with Crippen LogP contribution >= 0.6 is 0 Å². The van der Waals surface area contributed by atoms with Gasteiger partial charge in [-0.05, 0) is 68.4 Å². The van der Waals surface area contributed by atoms with Gasteiger partial charge in [0.15, 0.2) is 0 Å². The Kier molecular flexibility index (Phi) is 4.51. The molecule has 0 aliphatic heterocycles. The van der Waals surface area contributed by atoms with Crippen LogP contribution in [-0.4, -0.2) is 13.2 Å². The van der Waals surface area contributed by atoms with E-state index in [0.29, 0.717) is 6.04 Å². The first kappa shape index (κ1) is 14.9. The molecule has 0 amide bonds. The molecule has 0 radical (unpaired) electrons. The van der Waals surface area contributed by atoms with Gasteiger partial charge in [-0.2, -0.15) is 0 Å². The topological polar surface area (TPSA) is 47.3 Å². The lowest BCUT2D eigenvalue weighted by Gasteiger charge is -2.27. The van der Waals surface area contributed by atoms with Crippen molar-refractivity contribution >= 4 is 0 Å². The molecular formula is C18H28N2O. The first-order valence-corrected chi connectivity index (χ1v) is 8.29. The molecule has 3 N–H and O–H groups in total. The molecule has 1 aromatic rings. The van der Waals surface area contributed by atoms with Gasteiger partial charge in [0, 0.05) is 6.04 Å². The van der Waals surface area contributed by atoms with Crippen LogP contribution in [0.1, 0.15) is 43.2 Å². The molecule has 2 aliphatic rings. The number of hydrazine groups is 1. The Morgan fingerprint density at radius 2 is 2.19 bits per heavy atom. The molecule has 3 nitrogen and oxygen atoms in total. The van der Waals surface area contributed by atoms with Crippen molar-refractivity contribution in [2.75, 3.05) is 7.11 Å². The number of ether oxygens (including phenoxy) is 1. The van der Waals surface area contributed by atoms with Crippen molar-refractivity contribution in [3.63, 3.8) is 0 Å². The average Bonchev–Trinajstić information content (AvgIpc) is 3.09. The molecule has 2 saturated carbocycles. The number of rotatable bonds is 6. The molecule has 1 aromatic carbocycles. The average molecular weight is 288 g/mol. The van der Waals surface area contributed by atoms with E-state index in [1.807, 2.05) is 0 Å². The van der Waals surface area contributed by atoms with E-state index >= 15 is 0 Å². The van der Waals surface area contributed by atoms with Gasteiger partial charge in [0.1, 0.15) is 5.75 Å². The number of aryl methyl sites for hydroxylation is 1. The third-order valence-electron chi connectivity index (χ3n) is 5.61. The minimum atomic E-state index is 0.352. The second-order valence-corrected chi connectivity index (χ2v) is 7.05. The summed E-state index contributed by atoms with van der Waals surface area (Å²) in [5.41, 5.74) is 5.60. The van der Waals surface area contributed by atoms with Crippen molar-refractivity contribution in [3.8, 4) is 5.75 Å². The van der Waals surface area contributed by atoms with Crippen LogP contribution in [0.4, 0.5) is 0 Å². The molecule has 0 spiro atoms. The Balaban J connectivity index is 1.65. The monoisotopic (exact) mass is 288 g/mol. The fraction of sp³-hybridized carbons (Fsp3) is 0.667. The van der Waals surface area contributed by atoms with Crippen LogP contribution < -0.4 is 16.0 Å². The molecular weight excluding hydrogens is 260 g/mol. The maximum absolute atomic E-state index is 5.84. The molecule has 116 valence electrons. The fourth-order valence-electron chi connectivity index (χ4n) is 4.57. The van der Waals surface area contributed by atoms with Gasteiger partial charge in [-0.15, -0.1) is 0 Å². The van der Waals surface area contributed by atoms with E-state index in [-0.39, 0.29) is 0 Å². The van der Waals surface area contributed by atoms with Gasteiger partial charge < -0.3 is 4.74 Å². The molecule has 21 heavy (non-hydrogen) atoms. The number of hydrogen-bond acceptors (Lipinski definition) is 3. The third kappa shape index (κ3) is 3.24. The third-order valence-corrected chi connectivity index (χ3v) is 5.61. The Morgan fingerprint density at radius 1 is 1.33 bits per heavy atom.